The summed E-state index contributed by atoms with van der Waals surface area (Å²) in [6.45, 7) is -0.0456. The van der Waals surface area contributed by atoms with E-state index in [0.29, 0.717) is 24.5 Å². The van der Waals surface area contributed by atoms with Crippen LogP contribution < -0.4 is 0 Å². The van der Waals surface area contributed by atoms with Crippen molar-refractivity contribution in [2.75, 3.05) is 0 Å². The molecule has 3 atom stereocenters. The number of esters is 1. The Labute approximate surface area is 159 Å². The summed E-state index contributed by atoms with van der Waals surface area (Å²) >= 11 is 3.44. The topological polar surface area (TPSA) is 82.3 Å². The molecule has 1 aromatic heterocycles. The lowest BCUT2D eigenvalue weighted by atomic mass is 9.67. The van der Waals surface area contributed by atoms with Crippen LogP contribution in [0.15, 0.2) is 33.2 Å². The third-order valence-electron chi connectivity index (χ3n) is 5.29. The summed E-state index contributed by atoms with van der Waals surface area (Å²) in [4.78, 5) is 24.5. The highest BCUT2D eigenvalue weighted by Crippen LogP contribution is 2.40. The number of hydrogen-bond acceptors (Lipinski definition) is 6. The van der Waals surface area contributed by atoms with E-state index >= 15 is 0 Å². The van der Waals surface area contributed by atoms with Crippen LogP contribution in [0.25, 0.3) is 11.5 Å². The first-order chi connectivity index (χ1) is 12.6. The van der Waals surface area contributed by atoms with Crippen molar-refractivity contribution in [2.24, 2.45) is 17.8 Å². The number of carbonyl (C=O) groups excluding carboxylic acids is 2. The predicted molar refractivity (Wildman–Crippen MR) is 95.8 cm³/mol. The largest absolute Gasteiger partial charge is 0.455 e. The highest BCUT2D eigenvalue weighted by molar-refractivity contribution is 9.10. The van der Waals surface area contributed by atoms with Gasteiger partial charge in [0.05, 0.1) is 11.5 Å². The molecule has 26 heavy (non-hydrogen) atoms. The average Bonchev–Trinajstić information content (AvgIpc) is 3.08. The summed E-state index contributed by atoms with van der Waals surface area (Å²) in [5.41, 5.74) is 0.788. The molecule has 0 spiro atoms. The molecule has 2 fully saturated rings. The van der Waals surface area contributed by atoms with E-state index in [4.69, 9.17) is 9.15 Å². The van der Waals surface area contributed by atoms with Crippen molar-refractivity contribution >= 4 is 27.7 Å². The Balaban J connectivity index is 1.37. The summed E-state index contributed by atoms with van der Waals surface area (Å²) in [7, 11) is 0. The summed E-state index contributed by atoms with van der Waals surface area (Å²) in [6, 6.07) is 7.54. The Hall–Kier alpha value is -2.02. The lowest BCUT2D eigenvalue weighted by Crippen LogP contribution is -2.39. The second-order valence-corrected chi connectivity index (χ2v) is 7.84. The lowest BCUT2D eigenvalue weighted by molar-refractivity contribution is -0.155. The van der Waals surface area contributed by atoms with E-state index in [2.05, 4.69) is 26.1 Å². The number of ketones is 1. The number of halogens is 1. The van der Waals surface area contributed by atoms with E-state index in [1.54, 1.807) is 0 Å². The van der Waals surface area contributed by atoms with E-state index in [1.165, 1.54) is 0 Å². The molecular weight excluding hydrogens is 400 g/mol. The molecule has 7 heteroatoms. The second-order valence-electron chi connectivity index (χ2n) is 6.98. The molecule has 0 aliphatic heterocycles. The molecule has 0 radical (unpaired) electrons. The van der Waals surface area contributed by atoms with Crippen molar-refractivity contribution < 1.29 is 18.7 Å². The van der Waals surface area contributed by atoms with Crippen LogP contribution in [0.4, 0.5) is 0 Å². The van der Waals surface area contributed by atoms with Gasteiger partial charge in [0, 0.05) is 16.3 Å². The highest BCUT2D eigenvalue weighted by Gasteiger charge is 2.41. The molecule has 1 unspecified atom stereocenters. The van der Waals surface area contributed by atoms with Crippen LogP contribution in [0.5, 0.6) is 0 Å². The number of benzene rings is 1. The molecule has 2 aliphatic rings. The number of aromatic nitrogens is 2. The van der Waals surface area contributed by atoms with Gasteiger partial charge in [-0.1, -0.05) is 18.6 Å². The van der Waals surface area contributed by atoms with E-state index in [-0.39, 0.29) is 36.2 Å². The van der Waals surface area contributed by atoms with Gasteiger partial charge in [0.1, 0.15) is 5.78 Å². The molecule has 2 aliphatic carbocycles. The van der Waals surface area contributed by atoms with Crippen LogP contribution in [-0.4, -0.2) is 21.9 Å². The fourth-order valence-electron chi connectivity index (χ4n) is 3.98. The molecule has 2 saturated carbocycles. The molecular formula is C19H19BrN2O4. The normalized spacial score (nSPS) is 25.1. The van der Waals surface area contributed by atoms with Gasteiger partial charge in [-0.05, 0) is 53.7 Å². The van der Waals surface area contributed by atoms with Crippen LogP contribution in [0.2, 0.25) is 0 Å². The predicted octanol–water partition coefficient (Wildman–Crippen LogP) is 3.94. The zero-order chi connectivity index (χ0) is 18.1. The Morgan fingerprint density at radius 1 is 1.19 bits per heavy atom. The second kappa shape index (κ2) is 7.31. The van der Waals surface area contributed by atoms with Crippen molar-refractivity contribution in [1.29, 1.82) is 0 Å². The molecule has 136 valence electrons. The fourth-order valence-corrected chi connectivity index (χ4v) is 4.43. The SMILES string of the molecule is O=C(OCc1nnc(-c2ccccc2Br)o1)C1C[C@H]2CCC[C@@H](C1)C2=O. The summed E-state index contributed by atoms with van der Waals surface area (Å²) < 4.78 is 11.8. The van der Waals surface area contributed by atoms with Crippen molar-refractivity contribution in [1.82, 2.24) is 10.2 Å². The van der Waals surface area contributed by atoms with E-state index in [1.807, 2.05) is 24.3 Å². The number of carbonyl (C=O) groups is 2. The van der Waals surface area contributed by atoms with Gasteiger partial charge in [0.2, 0.25) is 5.89 Å². The van der Waals surface area contributed by atoms with E-state index < -0.39 is 0 Å². The minimum Gasteiger partial charge on any atom is -0.455 e. The fraction of sp³-hybridized carbons (Fsp3) is 0.474. The van der Waals surface area contributed by atoms with Crippen LogP contribution in [0.1, 0.15) is 38.0 Å². The maximum absolute atomic E-state index is 12.4. The number of Topliss-reactive ketones (excluding diaryl/α,β-unsaturated/α-hetero) is 1. The van der Waals surface area contributed by atoms with Crippen molar-refractivity contribution in [3.05, 3.63) is 34.6 Å². The minimum atomic E-state index is -0.268. The zero-order valence-corrected chi connectivity index (χ0v) is 15.8. The number of fused-ring (bicyclic) bond motifs is 2. The molecule has 0 N–H and O–H groups in total. The van der Waals surface area contributed by atoms with Gasteiger partial charge in [-0.3, -0.25) is 9.59 Å². The quantitative estimate of drug-likeness (QED) is 0.699. The Kier molecular flexibility index (Phi) is 4.89. The molecule has 0 amide bonds. The molecule has 4 rings (SSSR count). The third kappa shape index (κ3) is 3.45. The van der Waals surface area contributed by atoms with Gasteiger partial charge in [0.25, 0.3) is 5.89 Å². The molecule has 0 saturated heterocycles. The van der Waals surface area contributed by atoms with Gasteiger partial charge in [-0.25, -0.2) is 0 Å². The van der Waals surface area contributed by atoms with Gasteiger partial charge < -0.3 is 9.15 Å². The van der Waals surface area contributed by atoms with Gasteiger partial charge in [-0.2, -0.15) is 0 Å². The number of nitrogens with zero attached hydrogens (tertiary/aromatic N) is 2. The Morgan fingerprint density at radius 2 is 1.92 bits per heavy atom. The van der Waals surface area contributed by atoms with Crippen molar-refractivity contribution in [3.63, 3.8) is 0 Å². The summed E-state index contributed by atoms with van der Waals surface area (Å²) in [6.07, 6.45) is 4.11. The van der Waals surface area contributed by atoms with E-state index in [0.717, 1.165) is 29.3 Å². The van der Waals surface area contributed by atoms with E-state index in [9.17, 15) is 9.59 Å². The summed E-state index contributed by atoms with van der Waals surface area (Å²) in [5, 5.41) is 7.96. The summed E-state index contributed by atoms with van der Waals surface area (Å²) in [5.74, 6) is 0.576. The number of ether oxygens (including phenoxy) is 1. The van der Waals surface area contributed by atoms with Gasteiger partial charge in [-0.15, -0.1) is 10.2 Å². The Morgan fingerprint density at radius 3 is 2.65 bits per heavy atom. The van der Waals surface area contributed by atoms with Crippen molar-refractivity contribution in [3.8, 4) is 11.5 Å². The highest BCUT2D eigenvalue weighted by atomic mass is 79.9. The van der Waals surface area contributed by atoms with Crippen LogP contribution in [0, 0.1) is 17.8 Å². The smallest absolute Gasteiger partial charge is 0.309 e. The molecule has 6 nitrogen and oxygen atoms in total. The standard InChI is InChI=1S/C19H19BrN2O4/c20-15-7-2-1-6-14(15)18-22-21-16(26-18)10-25-19(24)13-8-11-4-3-5-12(9-13)17(11)23/h1-2,6-7,11-13H,3-5,8-10H2/t11-,12+,13?. The monoisotopic (exact) mass is 418 g/mol. The van der Waals surface area contributed by atoms with Crippen LogP contribution >= 0.6 is 15.9 Å². The zero-order valence-electron chi connectivity index (χ0n) is 14.2. The maximum atomic E-state index is 12.4. The molecule has 2 aromatic rings. The van der Waals surface area contributed by atoms with Gasteiger partial charge >= 0.3 is 5.97 Å². The number of rotatable bonds is 4. The first-order valence-electron chi connectivity index (χ1n) is 8.89. The average molecular weight is 419 g/mol. The third-order valence-corrected chi connectivity index (χ3v) is 5.98. The minimum absolute atomic E-state index is 0.0329. The first-order valence-corrected chi connectivity index (χ1v) is 9.68. The first kappa shape index (κ1) is 17.4. The lowest BCUT2D eigenvalue weighted by Gasteiger charge is -2.36. The molecule has 2 bridgehead atoms. The van der Waals surface area contributed by atoms with Gasteiger partial charge in [0.15, 0.2) is 6.61 Å². The van der Waals surface area contributed by atoms with Crippen LogP contribution in [0.3, 0.4) is 0 Å². The number of hydrogen-bond donors (Lipinski definition) is 0. The van der Waals surface area contributed by atoms with Crippen molar-refractivity contribution in [2.45, 2.75) is 38.7 Å². The Bertz CT molecular complexity index is 818. The molecule has 1 aromatic carbocycles. The molecule has 1 heterocycles. The van der Waals surface area contributed by atoms with Crippen LogP contribution in [-0.2, 0) is 20.9 Å². The maximum Gasteiger partial charge on any atom is 0.309 e.